The van der Waals surface area contributed by atoms with Gasteiger partial charge in [-0.3, -0.25) is 4.79 Å². The van der Waals surface area contributed by atoms with Gasteiger partial charge in [-0.1, -0.05) is 11.6 Å². The van der Waals surface area contributed by atoms with E-state index >= 15 is 0 Å². The van der Waals surface area contributed by atoms with Crippen molar-refractivity contribution in [2.75, 3.05) is 13.2 Å². The number of nitrogens with zero attached hydrogens (tertiary/aromatic N) is 2. The number of esters is 1. The first-order chi connectivity index (χ1) is 15.0. The number of nitrogens with one attached hydrogen (secondary N) is 1. The zero-order valence-corrected chi connectivity index (χ0v) is 18.1. The number of hydrogen-bond donors (Lipinski definition) is 1. The van der Waals surface area contributed by atoms with E-state index in [2.05, 4.69) is 16.5 Å². The van der Waals surface area contributed by atoms with E-state index in [0.29, 0.717) is 17.1 Å². The van der Waals surface area contributed by atoms with Crippen LogP contribution in [0.5, 0.6) is 0 Å². The molecule has 1 aliphatic rings. The van der Waals surface area contributed by atoms with Crippen molar-refractivity contribution >= 4 is 33.4 Å². The lowest BCUT2D eigenvalue weighted by Gasteiger charge is -2.12. The molecule has 0 saturated heterocycles. The number of carbonyl (C=O) groups is 2. The second-order valence-corrected chi connectivity index (χ2v) is 8.62. The second-order valence-electron chi connectivity index (χ2n) is 7.59. The summed E-state index contributed by atoms with van der Waals surface area (Å²) in [4.78, 5) is 25.6. The number of thiophene rings is 1. The Morgan fingerprint density at radius 3 is 2.81 bits per heavy atom. The SMILES string of the molecule is Cc1nn(-c2ccc(F)cc2)c2sc(C(=O)OCC(=O)NCCC3=CCCCC3)cc12. The molecule has 1 aromatic carbocycles. The first-order valence-electron chi connectivity index (χ1n) is 10.4. The van der Waals surface area contributed by atoms with Crippen LogP contribution in [-0.4, -0.2) is 34.8 Å². The molecule has 4 rings (SSSR count). The zero-order valence-electron chi connectivity index (χ0n) is 17.3. The Morgan fingerprint density at radius 1 is 1.26 bits per heavy atom. The molecule has 2 aromatic heterocycles. The van der Waals surface area contributed by atoms with Crippen LogP contribution >= 0.6 is 11.3 Å². The molecule has 0 fully saturated rings. The standard InChI is InChI=1S/C23H24FN3O3S/c1-15-19-13-20(31-22(19)27(26-15)18-9-7-17(24)8-10-18)23(29)30-14-21(28)25-12-11-16-5-3-2-4-6-16/h5,7-10,13H,2-4,6,11-12,14H2,1H3,(H,25,28). The number of rotatable bonds is 7. The number of halogens is 1. The molecule has 0 bridgehead atoms. The van der Waals surface area contributed by atoms with Crippen LogP contribution in [0.25, 0.3) is 15.9 Å². The summed E-state index contributed by atoms with van der Waals surface area (Å²) >= 11 is 1.23. The fourth-order valence-electron chi connectivity index (χ4n) is 3.65. The van der Waals surface area contributed by atoms with Gasteiger partial charge in [0.1, 0.15) is 15.5 Å². The Hall–Kier alpha value is -3.00. The first kappa shape index (κ1) is 21.2. The third-order valence-corrected chi connectivity index (χ3v) is 6.40. The predicted octanol–water partition coefficient (Wildman–Crippen LogP) is 4.70. The van der Waals surface area contributed by atoms with Crippen molar-refractivity contribution in [2.24, 2.45) is 0 Å². The topological polar surface area (TPSA) is 73.2 Å². The van der Waals surface area contributed by atoms with E-state index in [1.54, 1.807) is 22.9 Å². The number of carbonyl (C=O) groups excluding carboxylic acids is 2. The molecule has 1 aliphatic carbocycles. The lowest BCUT2D eigenvalue weighted by Crippen LogP contribution is -2.29. The fraction of sp³-hybridized carbons (Fsp3) is 0.348. The number of amides is 1. The zero-order chi connectivity index (χ0) is 21.8. The largest absolute Gasteiger partial charge is 0.451 e. The molecule has 0 spiro atoms. The number of benzene rings is 1. The van der Waals surface area contributed by atoms with Gasteiger partial charge in [-0.25, -0.2) is 13.9 Å². The van der Waals surface area contributed by atoms with E-state index in [4.69, 9.17) is 4.74 Å². The highest BCUT2D eigenvalue weighted by molar-refractivity contribution is 7.20. The van der Waals surface area contributed by atoms with Gasteiger partial charge in [-0.15, -0.1) is 11.3 Å². The predicted molar refractivity (Wildman–Crippen MR) is 118 cm³/mol. The molecule has 0 saturated carbocycles. The number of aryl methyl sites for hydroxylation is 1. The van der Waals surface area contributed by atoms with Crippen LogP contribution in [0, 0.1) is 12.7 Å². The van der Waals surface area contributed by atoms with Crippen LogP contribution in [0.15, 0.2) is 42.0 Å². The van der Waals surface area contributed by atoms with Gasteiger partial charge in [0.15, 0.2) is 6.61 Å². The molecule has 1 N–H and O–H groups in total. The number of aromatic nitrogens is 2. The lowest BCUT2D eigenvalue weighted by molar-refractivity contribution is -0.124. The maximum Gasteiger partial charge on any atom is 0.348 e. The van der Waals surface area contributed by atoms with Gasteiger partial charge in [0.2, 0.25) is 0 Å². The Morgan fingerprint density at radius 2 is 2.06 bits per heavy atom. The molecule has 162 valence electrons. The molecule has 1 amide bonds. The average Bonchev–Trinajstić information content (AvgIpc) is 3.34. The van der Waals surface area contributed by atoms with Crippen LogP contribution in [-0.2, 0) is 9.53 Å². The van der Waals surface area contributed by atoms with Crippen LogP contribution in [0.1, 0.15) is 47.5 Å². The molecule has 31 heavy (non-hydrogen) atoms. The van der Waals surface area contributed by atoms with Crippen LogP contribution in [0.2, 0.25) is 0 Å². The van der Waals surface area contributed by atoms with Gasteiger partial charge in [0.25, 0.3) is 5.91 Å². The number of ether oxygens (including phenoxy) is 1. The summed E-state index contributed by atoms with van der Waals surface area (Å²) in [6, 6.07) is 7.71. The Balaban J connectivity index is 1.35. The smallest absolute Gasteiger partial charge is 0.348 e. The lowest BCUT2D eigenvalue weighted by atomic mass is 9.97. The maximum atomic E-state index is 13.2. The molecule has 0 unspecified atom stereocenters. The van der Waals surface area contributed by atoms with Gasteiger partial charge in [0, 0.05) is 11.9 Å². The molecular formula is C23H24FN3O3S. The van der Waals surface area contributed by atoms with Crippen molar-refractivity contribution in [1.82, 2.24) is 15.1 Å². The minimum absolute atomic E-state index is 0.306. The number of fused-ring (bicyclic) bond motifs is 1. The summed E-state index contributed by atoms with van der Waals surface area (Å²) in [7, 11) is 0. The average molecular weight is 442 g/mol. The van der Waals surface area contributed by atoms with Crippen molar-refractivity contribution in [3.05, 3.63) is 58.4 Å². The molecule has 0 radical (unpaired) electrons. The van der Waals surface area contributed by atoms with Gasteiger partial charge >= 0.3 is 5.97 Å². The molecule has 0 atom stereocenters. The van der Waals surface area contributed by atoms with Crippen molar-refractivity contribution in [3.63, 3.8) is 0 Å². The molecule has 6 nitrogen and oxygen atoms in total. The summed E-state index contributed by atoms with van der Waals surface area (Å²) in [6.45, 7) is 2.09. The minimum Gasteiger partial charge on any atom is -0.451 e. The van der Waals surface area contributed by atoms with E-state index < -0.39 is 5.97 Å². The highest BCUT2D eigenvalue weighted by Gasteiger charge is 2.19. The van der Waals surface area contributed by atoms with Gasteiger partial charge in [-0.05, 0) is 69.4 Å². The fourth-order valence-corrected chi connectivity index (χ4v) is 4.73. The van der Waals surface area contributed by atoms with E-state index in [0.717, 1.165) is 35.2 Å². The summed E-state index contributed by atoms with van der Waals surface area (Å²) < 4.78 is 20.1. The second kappa shape index (κ2) is 9.43. The molecule has 2 heterocycles. The molecule has 0 aliphatic heterocycles. The normalized spacial score (nSPS) is 13.8. The van der Waals surface area contributed by atoms with Crippen LogP contribution in [0.3, 0.4) is 0 Å². The minimum atomic E-state index is -0.545. The van der Waals surface area contributed by atoms with Gasteiger partial charge in [0.05, 0.1) is 11.4 Å². The van der Waals surface area contributed by atoms with E-state index in [-0.39, 0.29) is 18.3 Å². The summed E-state index contributed by atoms with van der Waals surface area (Å²) in [5.74, 6) is -1.18. The van der Waals surface area contributed by atoms with Gasteiger partial charge < -0.3 is 10.1 Å². The monoisotopic (exact) mass is 441 g/mol. The molecular weight excluding hydrogens is 417 g/mol. The van der Waals surface area contributed by atoms with Crippen molar-refractivity contribution in [3.8, 4) is 5.69 Å². The Labute approximate surface area is 183 Å². The van der Waals surface area contributed by atoms with Crippen molar-refractivity contribution < 1.29 is 18.7 Å². The van der Waals surface area contributed by atoms with E-state index in [1.165, 1.54) is 41.9 Å². The van der Waals surface area contributed by atoms with Crippen molar-refractivity contribution in [2.45, 2.75) is 39.0 Å². The summed E-state index contributed by atoms with van der Waals surface area (Å²) in [5.41, 5.74) is 2.84. The first-order valence-corrected chi connectivity index (χ1v) is 11.2. The van der Waals surface area contributed by atoms with E-state index in [1.807, 2.05) is 6.92 Å². The highest BCUT2D eigenvalue weighted by Crippen LogP contribution is 2.30. The van der Waals surface area contributed by atoms with E-state index in [9.17, 15) is 14.0 Å². The highest BCUT2D eigenvalue weighted by atomic mass is 32.1. The Bertz CT molecular complexity index is 1130. The number of allylic oxidation sites excluding steroid dienone is 1. The number of hydrogen-bond acceptors (Lipinski definition) is 5. The van der Waals surface area contributed by atoms with Crippen molar-refractivity contribution in [1.29, 1.82) is 0 Å². The maximum absolute atomic E-state index is 13.2. The quantitative estimate of drug-likeness (QED) is 0.426. The van der Waals surface area contributed by atoms with Crippen LogP contribution in [0.4, 0.5) is 4.39 Å². The third kappa shape index (κ3) is 5.02. The molecule has 8 heteroatoms. The third-order valence-electron chi connectivity index (χ3n) is 5.30. The van der Waals surface area contributed by atoms with Gasteiger partial charge in [-0.2, -0.15) is 5.10 Å². The summed E-state index contributed by atoms with van der Waals surface area (Å²) in [6.07, 6.45) is 7.78. The summed E-state index contributed by atoms with van der Waals surface area (Å²) in [5, 5.41) is 8.11. The Kier molecular flexibility index (Phi) is 6.46. The molecule has 3 aromatic rings. The van der Waals surface area contributed by atoms with Crippen LogP contribution < -0.4 is 5.32 Å².